The first kappa shape index (κ1) is 22.3. The predicted octanol–water partition coefficient (Wildman–Crippen LogP) is 3.37. The minimum Gasteiger partial charge on any atom is -0.357 e. The highest BCUT2D eigenvalue weighted by Gasteiger charge is 2.20. The third-order valence-corrected chi connectivity index (χ3v) is 4.88. The summed E-state index contributed by atoms with van der Waals surface area (Å²) in [5.74, 6) is 3.29. The van der Waals surface area contributed by atoms with Gasteiger partial charge in [-0.1, -0.05) is 6.07 Å². The van der Waals surface area contributed by atoms with Crippen LogP contribution in [0.1, 0.15) is 32.6 Å². The second-order valence-corrected chi connectivity index (χ2v) is 7.04. The van der Waals surface area contributed by atoms with Crippen LogP contribution in [0.25, 0.3) is 0 Å². The molecule has 0 amide bonds. The number of nitrogens with one attached hydrogen (secondary N) is 2. The van der Waals surface area contributed by atoms with Crippen molar-refractivity contribution in [1.29, 1.82) is 0 Å². The van der Waals surface area contributed by atoms with Gasteiger partial charge in [-0.25, -0.2) is 4.98 Å². The van der Waals surface area contributed by atoms with Crippen molar-refractivity contribution in [2.45, 2.75) is 38.6 Å². The Hall–Kier alpha value is -0.700. The number of hydrogen-bond acceptors (Lipinski definition) is 4. The highest BCUT2D eigenvalue weighted by molar-refractivity contribution is 14.0. The highest BCUT2D eigenvalue weighted by atomic mass is 127. The largest absolute Gasteiger partial charge is 0.357 e. The molecule has 1 aromatic heterocycles. The van der Waals surface area contributed by atoms with E-state index in [4.69, 9.17) is 4.99 Å². The number of aromatic nitrogens is 1. The first-order valence-electron chi connectivity index (χ1n) is 9.03. The summed E-state index contributed by atoms with van der Waals surface area (Å²) < 4.78 is 0. The standard InChI is InChI=1S/C18H31N5S.HI/c1-3-19-18(21-12-6-7-15-24-2)22-16-9-13-23(14-10-16)17-8-4-5-11-20-17;/h4-5,8,11,16H,3,6-7,9-10,12-15H2,1-2H3,(H2,19,21,22);1H. The van der Waals surface area contributed by atoms with Gasteiger partial charge in [0.1, 0.15) is 5.82 Å². The maximum Gasteiger partial charge on any atom is 0.191 e. The van der Waals surface area contributed by atoms with Gasteiger partial charge in [-0.05, 0) is 56.7 Å². The van der Waals surface area contributed by atoms with Crippen LogP contribution in [0.3, 0.4) is 0 Å². The molecule has 25 heavy (non-hydrogen) atoms. The van der Waals surface area contributed by atoms with Crippen molar-refractivity contribution in [3.63, 3.8) is 0 Å². The average molecular weight is 477 g/mol. The zero-order chi connectivity index (χ0) is 17.0. The van der Waals surface area contributed by atoms with Gasteiger partial charge in [0.25, 0.3) is 0 Å². The van der Waals surface area contributed by atoms with Crippen LogP contribution in [0, 0.1) is 0 Å². The van der Waals surface area contributed by atoms with Crippen LogP contribution in [-0.4, -0.2) is 55.2 Å². The van der Waals surface area contributed by atoms with Crippen molar-refractivity contribution in [1.82, 2.24) is 15.6 Å². The second-order valence-electron chi connectivity index (χ2n) is 6.05. The molecule has 0 atom stereocenters. The topological polar surface area (TPSA) is 52.6 Å². The maximum absolute atomic E-state index is 4.72. The molecule has 0 aromatic carbocycles. The van der Waals surface area contributed by atoms with Crippen LogP contribution in [0.2, 0.25) is 0 Å². The molecule has 2 rings (SSSR count). The van der Waals surface area contributed by atoms with E-state index in [1.165, 1.54) is 12.2 Å². The van der Waals surface area contributed by atoms with E-state index in [-0.39, 0.29) is 24.0 Å². The van der Waals surface area contributed by atoms with E-state index in [2.05, 4.69) is 45.8 Å². The smallest absolute Gasteiger partial charge is 0.191 e. The molecule has 1 aliphatic heterocycles. The number of halogens is 1. The molecule has 2 heterocycles. The molecular formula is C18H32IN5S. The van der Waals surface area contributed by atoms with Gasteiger partial charge in [-0.2, -0.15) is 11.8 Å². The Morgan fingerprint density at radius 1 is 1.32 bits per heavy atom. The lowest BCUT2D eigenvalue weighted by molar-refractivity contribution is 0.459. The minimum absolute atomic E-state index is 0. The Bertz CT molecular complexity index is 478. The van der Waals surface area contributed by atoms with E-state index >= 15 is 0 Å². The maximum atomic E-state index is 4.72. The molecule has 1 saturated heterocycles. The van der Waals surface area contributed by atoms with E-state index in [1.54, 1.807) is 0 Å². The van der Waals surface area contributed by atoms with Gasteiger partial charge in [-0.3, -0.25) is 4.99 Å². The lowest BCUT2D eigenvalue weighted by atomic mass is 10.1. The number of rotatable bonds is 8. The van der Waals surface area contributed by atoms with Crippen molar-refractivity contribution in [3.05, 3.63) is 24.4 Å². The van der Waals surface area contributed by atoms with Crippen LogP contribution < -0.4 is 15.5 Å². The zero-order valence-corrected chi connectivity index (χ0v) is 18.6. The fraction of sp³-hybridized carbons (Fsp3) is 0.667. The van der Waals surface area contributed by atoms with Crippen molar-refractivity contribution in [2.24, 2.45) is 4.99 Å². The number of hydrogen-bond donors (Lipinski definition) is 2. The quantitative estimate of drug-likeness (QED) is 0.260. The highest BCUT2D eigenvalue weighted by Crippen LogP contribution is 2.17. The van der Waals surface area contributed by atoms with Gasteiger partial charge in [0, 0.05) is 38.4 Å². The van der Waals surface area contributed by atoms with Crippen LogP contribution in [0.5, 0.6) is 0 Å². The summed E-state index contributed by atoms with van der Waals surface area (Å²) in [4.78, 5) is 11.5. The predicted molar refractivity (Wildman–Crippen MR) is 122 cm³/mol. The number of thioether (sulfide) groups is 1. The number of aliphatic imine (C=N–C) groups is 1. The van der Waals surface area contributed by atoms with E-state index in [0.29, 0.717) is 6.04 Å². The van der Waals surface area contributed by atoms with Crippen molar-refractivity contribution in [2.75, 3.05) is 43.1 Å². The van der Waals surface area contributed by atoms with Gasteiger partial charge >= 0.3 is 0 Å². The minimum atomic E-state index is 0. The Morgan fingerprint density at radius 3 is 2.76 bits per heavy atom. The van der Waals surface area contributed by atoms with Crippen LogP contribution in [0.15, 0.2) is 29.4 Å². The molecule has 0 saturated carbocycles. The van der Waals surface area contributed by atoms with E-state index in [0.717, 1.165) is 57.2 Å². The van der Waals surface area contributed by atoms with Crippen molar-refractivity contribution < 1.29 is 0 Å². The van der Waals surface area contributed by atoms with Gasteiger partial charge in [0.05, 0.1) is 0 Å². The third kappa shape index (κ3) is 8.48. The Kier molecular flexibility index (Phi) is 12.1. The summed E-state index contributed by atoms with van der Waals surface area (Å²) >= 11 is 1.91. The van der Waals surface area contributed by atoms with Gasteiger partial charge in [0.2, 0.25) is 0 Å². The van der Waals surface area contributed by atoms with Crippen LogP contribution in [0.4, 0.5) is 5.82 Å². The first-order valence-corrected chi connectivity index (χ1v) is 10.4. The molecule has 1 aromatic rings. The van der Waals surface area contributed by atoms with E-state index < -0.39 is 0 Å². The fourth-order valence-electron chi connectivity index (χ4n) is 2.86. The SMILES string of the molecule is CCNC(=NCCCCSC)NC1CCN(c2ccccn2)CC1.I. The zero-order valence-electron chi connectivity index (χ0n) is 15.4. The third-order valence-electron chi connectivity index (χ3n) is 4.18. The number of piperidine rings is 1. The monoisotopic (exact) mass is 477 g/mol. The average Bonchev–Trinajstić information content (AvgIpc) is 2.63. The van der Waals surface area contributed by atoms with Crippen molar-refractivity contribution in [3.8, 4) is 0 Å². The van der Waals surface area contributed by atoms with Gasteiger partial charge in [-0.15, -0.1) is 24.0 Å². The Labute approximate surface area is 173 Å². The molecular weight excluding hydrogens is 445 g/mol. The molecule has 7 heteroatoms. The Morgan fingerprint density at radius 2 is 2.12 bits per heavy atom. The lowest BCUT2D eigenvalue weighted by Crippen LogP contribution is -2.49. The van der Waals surface area contributed by atoms with Gasteiger partial charge in [0.15, 0.2) is 5.96 Å². The summed E-state index contributed by atoms with van der Waals surface area (Å²) in [5, 5.41) is 6.98. The van der Waals surface area contributed by atoms with Crippen LogP contribution in [-0.2, 0) is 0 Å². The summed E-state index contributed by atoms with van der Waals surface area (Å²) in [6.45, 7) is 6.02. The summed E-state index contributed by atoms with van der Waals surface area (Å²) in [5.41, 5.74) is 0. The molecule has 0 radical (unpaired) electrons. The molecule has 0 bridgehead atoms. The molecule has 0 spiro atoms. The number of unbranched alkanes of at least 4 members (excludes halogenated alkanes) is 1. The van der Waals surface area contributed by atoms with Crippen LogP contribution >= 0.6 is 35.7 Å². The van der Waals surface area contributed by atoms with Gasteiger partial charge < -0.3 is 15.5 Å². The first-order chi connectivity index (χ1) is 11.8. The summed E-state index contributed by atoms with van der Waals surface area (Å²) in [6.07, 6.45) is 8.67. The van der Waals surface area contributed by atoms with Crippen molar-refractivity contribution >= 4 is 47.5 Å². The molecule has 1 fully saturated rings. The molecule has 142 valence electrons. The lowest BCUT2D eigenvalue weighted by Gasteiger charge is -2.33. The number of pyridine rings is 1. The second kappa shape index (κ2) is 13.5. The number of nitrogens with zero attached hydrogens (tertiary/aromatic N) is 3. The molecule has 0 unspecified atom stereocenters. The fourth-order valence-corrected chi connectivity index (χ4v) is 3.35. The molecule has 5 nitrogen and oxygen atoms in total. The normalized spacial score (nSPS) is 15.6. The van der Waals surface area contributed by atoms with E-state index in [1.807, 2.05) is 24.0 Å². The molecule has 2 N–H and O–H groups in total. The molecule has 1 aliphatic rings. The number of anilines is 1. The Balaban J connectivity index is 0.00000312. The molecule has 0 aliphatic carbocycles. The van der Waals surface area contributed by atoms with E-state index in [9.17, 15) is 0 Å². The summed E-state index contributed by atoms with van der Waals surface area (Å²) in [6, 6.07) is 6.61. The number of guanidine groups is 1. The summed E-state index contributed by atoms with van der Waals surface area (Å²) in [7, 11) is 0.